The fourth-order valence-electron chi connectivity index (χ4n) is 1.53. The van der Waals surface area contributed by atoms with Crippen molar-refractivity contribution in [1.29, 1.82) is 0 Å². The number of aromatic hydroxyl groups is 2. The molecule has 0 bridgehead atoms. The molecule has 3 nitrogen and oxygen atoms in total. The molecule has 1 aromatic carbocycles. The average molecular weight is 293 g/mol. The predicted molar refractivity (Wildman–Crippen MR) is 68.7 cm³/mol. The number of aromatic nitrogens is 1. The Morgan fingerprint density at radius 3 is 2.41 bits per heavy atom. The molecule has 0 aliphatic rings. The van der Waals surface area contributed by atoms with Gasteiger partial charge in [-0.3, -0.25) is 0 Å². The van der Waals surface area contributed by atoms with E-state index in [1.165, 1.54) is 10.6 Å². The molecular formula is C11H8Cl3NO2. The van der Waals surface area contributed by atoms with Crippen molar-refractivity contribution in [2.45, 2.75) is 5.88 Å². The molecule has 2 rings (SSSR count). The molecule has 0 radical (unpaired) electrons. The van der Waals surface area contributed by atoms with Crippen LogP contribution in [0.4, 0.5) is 0 Å². The zero-order valence-corrected chi connectivity index (χ0v) is 10.8. The summed E-state index contributed by atoms with van der Waals surface area (Å²) >= 11 is 17.5. The second kappa shape index (κ2) is 4.69. The van der Waals surface area contributed by atoms with Crippen LogP contribution in [0.5, 0.6) is 11.8 Å². The summed E-state index contributed by atoms with van der Waals surface area (Å²) in [5.74, 6) is -0.214. The Bertz CT molecular complexity index is 566. The van der Waals surface area contributed by atoms with Crippen molar-refractivity contribution in [1.82, 2.24) is 4.57 Å². The molecular weight excluding hydrogens is 284 g/mol. The summed E-state index contributed by atoms with van der Waals surface area (Å²) in [7, 11) is 0. The van der Waals surface area contributed by atoms with Crippen LogP contribution in [-0.4, -0.2) is 14.8 Å². The number of alkyl halides is 1. The van der Waals surface area contributed by atoms with Crippen molar-refractivity contribution < 1.29 is 10.2 Å². The predicted octanol–water partition coefficient (Wildman–Crippen LogP) is 3.93. The monoisotopic (exact) mass is 291 g/mol. The summed E-state index contributed by atoms with van der Waals surface area (Å²) in [4.78, 5) is 0. The summed E-state index contributed by atoms with van der Waals surface area (Å²) in [6.45, 7) is 0. The van der Waals surface area contributed by atoms with Crippen LogP contribution in [0.2, 0.25) is 10.0 Å². The zero-order valence-electron chi connectivity index (χ0n) is 8.49. The SMILES string of the molecule is Oc1cc(CCl)c(O)n1-c1cc(Cl)ccc1Cl. The molecule has 0 spiro atoms. The van der Waals surface area contributed by atoms with Gasteiger partial charge in [0.05, 0.1) is 16.6 Å². The Balaban J connectivity index is 2.68. The van der Waals surface area contributed by atoms with E-state index < -0.39 is 0 Å². The van der Waals surface area contributed by atoms with Crippen LogP contribution in [0.3, 0.4) is 0 Å². The van der Waals surface area contributed by atoms with Gasteiger partial charge in [-0.25, -0.2) is 4.57 Å². The molecule has 0 aliphatic carbocycles. The highest BCUT2D eigenvalue weighted by atomic mass is 35.5. The van der Waals surface area contributed by atoms with Gasteiger partial charge in [-0.1, -0.05) is 23.2 Å². The van der Waals surface area contributed by atoms with Gasteiger partial charge in [0, 0.05) is 16.7 Å². The Hall–Kier alpha value is -1.03. The van der Waals surface area contributed by atoms with Gasteiger partial charge >= 0.3 is 0 Å². The number of benzene rings is 1. The fourth-order valence-corrected chi connectivity index (χ4v) is 2.10. The van der Waals surface area contributed by atoms with Crippen LogP contribution < -0.4 is 0 Å². The molecule has 0 amide bonds. The molecule has 2 N–H and O–H groups in total. The number of rotatable bonds is 2. The first-order valence-electron chi connectivity index (χ1n) is 4.68. The molecule has 90 valence electrons. The number of halogens is 3. The van der Waals surface area contributed by atoms with Crippen molar-refractivity contribution in [2.24, 2.45) is 0 Å². The van der Waals surface area contributed by atoms with Crippen molar-refractivity contribution in [2.75, 3.05) is 0 Å². The second-order valence-corrected chi connectivity index (χ2v) is 4.53. The number of nitrogens with zero attached hydrogens (tertiary/aromatic N) is 1. The molecule has 6 heteroatoms. The van der Waals surface area contributed by atoms with E-state index in [0.29, 0.717) is 21.3 Å². The number of hydrogen-bond donors (Lipinski definition) is 2. The highest BCUT2D eigenvalue weighted by Crippen LogP contribution is 2.36. The Morgan fingerprint density at radius 2 is 1.82 bits per heavy atom. The molecule has 17 heavy (non-hydrogen) atoms. The third kappa shape index (κ3) is 2.18. The normalized spacial score (nSPS) is 10.8. The van der Waals surface area contributed by atoms with Gasteiger partial charge in [0.1, 0.15) is 0 Å². The zero-order chi connectivity index (χ0) is 12.6. The Kier molecular flexibility index (Phi) is 3.43. The third-order valence-electron chi connectivity index (χ3n) is 2.32. The Labute approximate surface area is 113 Å². The molecule has 0 atom stereocenters. The third-order valence-corrected chi connectivity index (χ3v) is 3.17. The van der Waals surface area contributed by atoms with E-state index in [1.54, 1.807) is 18.2 Å². The van der Waals surface area contributed by atoms with Gasteiger partial charge in [0.2, 0.25) is 5.88 Å². The molecule has 0 saturated carbocycles. The van der Waals surface area contributed by atoms with Crippen molar-refractivity contribution >= 4 is 34.8 Å². The van der Waals surface area contributed by atoms with Gasteiger partial charge in [-0.05, 0) is 18.2 Å². The maximum Gasteiger partial charge on any atom is 0.203 e. The molecule has 1 aromatic heterocycles. The van der Waals surface area contributed by atoms with E-state index in [2.05, 4.69) is 0 Å². The second-order valence-electron chi connectivity index (χ2n) is 3.42. The van der Waals surface area contributed by atoms with E-state index >= 15 is 0 Å². The highest BCUT2D eigenvalue weighted by Gasteiger charge is 2.16. The minimum Gasteiger partial charge on any atom is -0.494 e. The first-order chi connectivity index (χ1) is 8.04. The summed E-state index contributed by atoms with van der Waals surface area (Å²) in [5, 5.41) is 20.5. The fraction of sp³-hybridized carbons (Fsp3) is 0.0909. The minimum absolute atomic E-state index is 0.0879. The van der Waals surface area contributed by atoms with E-state index in [1.807, 2.05) is 0 Å². The molecule has 0 aliphatic heterocycles. The Morgan fingerprint density at radius 1 is 1.12 bits per heavy atom. The van der Waals surface area contributed by atoms with E-state index in [-0.39, 0.29) is 17.6 Å². The summed E-state index contributed by atoms with van der Waals surface area (Å²) < 4.78 is 1.19. The van der Waals surface area contributed by atoms with Crippen molar-refractivity contribution in [3.05, 3.63) is 39.9 Å². The molecule has 2 aromatic rings. The largest absolute Gasteiger partial charge is 0.494 e. The van der Waals surface area contributed by atoms with Gasteiger partial charge < -0.3 is 10.2 Å². The van der Waals surface area contributed by atoms with Gasteiger partial charge in [-0.2, -0.15) is 0 Å². The lowest BCUT2D eigenvalue weighted by molar-refractivity contribution is 0.401. The lowest BCUT2D eigenvalue weighted by Gasteiger charge is -2.09. The standard InChI is InChI=1S/C11H8Cl3NO2/c12-5-6-3-10(16)15(11(6)17)9-4-7(13)1-2-8(9)14/h1-4,16-17H,5H2. The van der Waals surface area contributed by atoms with Gasteiger partial charge in [-0.15, -0.1) is 11.6 Å². The van der Waals surface area contributed by atoms with Crippen LogP contribution in [0.1, 0.15) is 5.56 Å². The summed E-state index contributed by atoms with van der Waals surface area (Å²) in [6, 6.07) is 6.12. The van der Waals surface area contributed by atoms with Crippen LogP contribution >= 0.6 is 34.8 Å². The molecule has 0 fully saturated rings. The first-order valence-corrected chi connectivity index (χ1v) is 5.97. The quantitative estimate of drug-likeness (QED) is 0.824. The maximum atomic E-state index is 9.90. The van der Waals surface area contributed by atoms with Gasteiger partial charge in [0.25, 0.3) is 0 Å². The van der Waals surface area contributed by atoms with E-state index in [0.717, 1.165) is 0 Å². The van der Waals surface area contributed by atoms with Crippen LogP contribution in [0.25, 0.3) is 5.69 Å². The lowest BCUT2D eigenvalue weighted by Crippen LogP contribution is -1.94. The van der Waals surface area contributed by atoms with Crippen LogP contribution in [0, 0.1) is 0 Å². The lowest BCUT2D eigenvalue weighted by atomic mass is 10.3. The highest BCUT2D eigenvalue weighted by molar-refractivity contribution is 6.34. The topological polar surface area (TPSA) is 45.4 Å². The van der Waals surface area contributed by atoms with E-state index in [9.17, 15) is 10.2 Å². The van der Waals surface area contributed by atoms with Crippen LogP contribution in [-0.2, 0) is 5.88 Å². The van der Waals surface area contributed by atoms with Crippen molar-refractivity contribution in [3.8, 4) is 17.4 Å². The smallest absolute Gasteiger partial charge is 0.203 e. The maximum absolute atomic E-state index is 9.90. The average Bonchev–Trinajstić information content (AvgIpc) is 2.58. The summed E-state index contributed by atoms with van der Waals surface area (Å²) in [6.07, 6.45) is 0. The van der Waals surface area contributed by atoms with Gasteiger partial charge in [0.15, 0.2) is 5.88 Å². The molecule has 0 unspecified atom stereocenters. The minimum atomic E-state index is -0.151. The summed E-state index contributed by atoms with van der Waals surface area (Å²) in [5.41, 5.74) is 0.811. The first kappa shape index (κ1) is 12.4. The van der Waals surface area contributed by atoms with Crippen LogP contribution in [0.15, 0.2) is 24.3 Å². The molecule has 1 heterocycles. The number of hydrogen-bond acceptors (Lipinski definition) is 2. The van der Waals surface area contributed by atoms with E-state index in [4.69, 9.17) is 34.8 Å². The van der Waals surface area contributed by atoms with Crippen molar-refractivity contribution in [3.63, 3.8) is 0 Å². The molecule has 0 saturated heterocycles.